The minimum absolute atomic E-state index is 0.0211. The molecule has 140 valence electrons. The molecule has 0 unspecified atom stereocenters. The second-order valence-corrected chi connectivity index (χ2v) is 7.70. The quantitative estimate of drug-likeness (QED) is 0.802. The second-order valence-electron chi connectivity index (χ2n) is 6.17. The second kappa shape index (κ2) is 8.44. The Kier molecular flexibility index (Phi) is 6.52. The smallest absolute Gasteiger partial charge is 0.254 e. The van der Waals surface area contributed by atoms with Gasteiger partial charge in [-0.1, -0.05) is 30.3 Å². The normalized spacial score (nSPS) is 11.4. The fraction of sp³-hybridized carbons (Fsp3) is 0.316. The van der Waals surface area contributed by atoms with Gasteiger partial charge in [-0.15, -0.1) is 0 Å². The number of benzene rings is 2. The Balaban J connectivity index is 2.40. The number of hydrogen-bond acceptors (Lipinski definition) is 4. The first-order chi connectivity index (χ1) is 12.2. The van der Waals surface area contributed by atoms with Gasteiger partial charge in [0.15, 0.2) is 0 Å². The average molecular weight is 376 g/mol. The molecule has 0 atom stereocenters. The van der Waals surface area contributed by atoms with Crippen molar-refractivity contribution in [3.63, 3.8) is 0 Å². The summed E-state index contributed by atoms with van der Waals surface area (Å²) in [4.78, 5) is 14.6. The zero-order valence-electron chi connectivity index (χ0n) is 15.2. The molecule has 0 heterocycles. The molecular formula is C19H24N2O4S. The van der Waals surface area contributed by atoms with Crippen molar-refractivity contribution in [3.05, 3.63) is 64.7 Å². The molecule has 2 rings (SSSR count). The Morgan fingerprint density at radius 1 is 1.15 bits per heavy atom. The van der Waals surface area contributed by atoms with E-state index in [2.05, 4.69) is 0 Å². The maximum absolute atomic E-state index is 13.0. The van der Waals surface area contributed by atoms with E-state index in [1.165, 1.54) is 6.07 Å². The topological polar surface area (TPSA) is 89.7 Å². The Hall–Kier alpha value is -2.22. The Morgan fingerprint density at radius 2 is 1.81 bits per heavy atom. The molecule has 0 aliphatic carbocycles. The fourth-order valence-electron chi connectivity index (χ4n) is 2.69. The lowest BCUT2D eigenvalue weighted by Gasteiger charge is -2.23. The van der Waals surface area contributed by atoms with Crippen LogP contribution in [0.5, 0.6) is 0 Å². The predicted octanol–water partition coefficient (Wildman–Crippen LogP) is 2.24. The lowest BCUT2D eigenvalue weighted by Crippen LogP contribution is -2.33. The number of hydrogen-bond donors (Lipinski definition) is 1. The molecule has 1 amide bonds. The van der Waals surface area contributed by atoms with Crippen molar-refractivity contribution in [3.8, 4) is 0 Å². The third-order valence-corrected chi connectivity index (χ3v) is 5.28. The van der Waals surface area contributed by atoms with Gasteiger partial charge in [-0.3, -0.25) is 4.79 Å². The van der Waals surface area contributed by atoms with E-state index in [0.29, 0.717) is 36.4 Å². The number of aryl methyl sites for hydroxylation is 1. The first-order valence-corrected chi connectivity index (χ1v) is 9.75. The van der Waals surface area contributed by atoms with Gasteiger partial charge in [0.1, 0.15) is 0 Å². The highest BCUT2D eigenvalue weighted by atomic mass is 32.2. The van der Waals surface area contributed by atoms with Crippen LogP contribution in [0.1, 0.15) is 27.0 Å². The molecule has 0 aromatic heterocycles. The van der Waals surface area contributed by atoms with Crippen molar-refractivity contribution in [2.75, 3.05) is 20.3 Å². The Labute approximate surface area is 154 Å². The number of carbonyl (C=O) groups excluding carboxylic acids is 1. The van der Waals surface area contributed by atoms with Gasteiger partial charge in [0.25, 0.3) is 5.91 Å². The van der Waals surface area contributed by atoms with Crippen LogP contribution in [-0.4, -0.2) is 39.5 Å². The van der Waals surface area contributed by atoms with E-state index < -0.39 is 10.0 Å². The molecule has 0 spiro atoms. The van der Waals surface area contributed by atoms with E-state index in [0.717, 1.165) is 5.56 Å². The number of nitrogens with two attached hydrogens (primary N) is 1. The number of ether oxygens (including phenoxy) is 1. The standard InChI is InChI=1S/C19H24N2O4S/c1-14-11-17(12-18(15(14)2)26(20,23)24)19(22)21(9-10-25-3)13-16-7-5-4-6-8-16/h4-8,11-12H,9-10,13H2,1-3H3,(H2,20,23,24). The molecule has 0 aliphatic rings. The van der Waals surface area contributed by atoms with Gasteiger partial charge >= 0.3 is 0 Å². The first-order valence-electron chi connectivity index (χ1n) is 8.20. The van der Waals surface area contributed by atoms with Crippen molar-refractivity contribution in [1.29, 1.82) is 0 Å². The number of methoxy groups -OCH3 is 1. The number of nitrogens with zero attached hydrogens (tertiary/aromatic N) is 1. The minimum Gasteiger partial charge on any atom is -0.383 e. The summed E-state index contributed by atoms with van der Waals surface area (Å²) in [6, 6.07) is 12.6. The highest BCUT2D eigenvalue weighted by molar-refractivity contribution is 7.89. The van der Waals surface area contributed by atoms with Gasteiger partial charge in [-0.25, -0.2) is 13.6 Å². The molecule has 0 saturated heterocycles. The van der Waals surface area contributed by atoms with E-state index in [9.17, 15) is 13.2 Å². The van der Waals surface area contributed by atoms with Gasteiger partial charge in [0.05, 0.1) is 11.5 Å². The summed E-state index contributed by atoms with van der Waals surface area (Å²) in [6.07, 6.45) is 0. The molecule has 0 bridgehead atoms. The maximum Gasteiger partial charge on any atom is 0.254 e. The van der Waals surface area contributed by atoms with Crippen LogP contribution in [0, 0.1) is 13.8 Å². The van der Waals surface area contributed by atoms with E-state index in [1.54, 1.807) is 31.9 Å². The van der Waals surface area contributed by atoms with Crippen molar-refractivity contribution >= 4 is 15.9 Å². The molecule has 6 nitrogen and oxygen atoms in total. The third-order valence-electron chi connectivity index (χ3n) is 4.24. The molecule has 26 heavy (non-hydrogen) atoms. The average Bonchev–Trinajstić information content (AvgIpc) is 2.60. The van der Waals surface area contributed by atoms with Gasteiger partial charge < -0.3 is 9.64 Å². The summed E-state index contributed by atoms with van der Waals surface area (Å²) in [7, 11) is -2.34. The van der Waals surface area contributed by atoms with Crippen molar-refractivity contribution < 1.29 is 17.9 Å². The minimum atomic E-state index is -3.91. The van der Waals surface area contributed by atoms with Gasteiger partial charge in [0.2, 0.25) is 10.0 Å². The molecule has 2 aromatic carbocycles. The van der Waals surface area contributed by atoms with Gasteiger partial charge in [-0.2, -0.15) is 0 Å². The lowest BCUT2D eigenvalue weighted by molar-refractivity contribution is 0.0680. The SMILES string of the molecule is COCCN(Cc1ccccc1)C(=O)c1cc(C)c(C)c(S(N)(=O)=O)c1. The van der Waals surface area contributed by atoms with Crippen LogP contribution < -0.4 is 5.14 Å². The summed E-state index contributed by atoms with van der Waals surface area (Å²) in [5.74, 6) is -0.265. The fourth-order valence-corrected chi connectivity index (χ4v) is 3.57. The molecule has 0 fully saturated rings. The number of primary sulfonamides is 1. The number of carbonyl (C=O) groups is 1. The van der Waals surface area contributed by atoms with E-state index in [-0.39, 0.29) is 10.8 Å². The van der Waals surface area contributed by atoms with Crippen molar-refractivity contribution in [2.24, 2.45) is 5.14 Å². The summed E-state index contributed by atoms with van der Waals surface area (Å²) < 4.78 is 28.8. The van der Waals surface area contributed by atoms with E-state index in [4.69, 9.17) is 9.88 Å². The third kappa shape index (κ3) is 4.91. The van der Waals surface area contributed by atoms with Gasteiger partial charge in [0, 0.05) is 25.8 Å². The Morgan fingerprint density at radius 3 is 2.38 bits per heavy atom. The summed E-state index contributed by atoms with van der Waals surface area (Å²) >= 11 is 0. The highest BCUT2D eigenvalue weighted by Crippen LogP contribution is 2.21. The number of amides is 1. The summed E-state index contributed by atoms with van der Waals surface area (Å²) in [5, 5.41) is 5.30. The molecule has 2 aromatic rings. The molecular weight excluding hydrogens is 352 g/mol. The highest BCUT2D eigenvalue weighted by Gasteiger charge is 2.21. The van der Waals surface area contributed by atoms with Gasteiger partial charge in [-0.05, 0) is 42.7 Å². The molecule has 0 aliphatic heterocycles. The number of rotatable bonds is 7. The van der Waals surface area contributed by atoms with Crippen molar-refractivity contribution in [2.45, 2.75) is 25.3 Å². The van der Waals surface area contributed by atoms with E-state index in [1.807, 2.05) is 30.3 Å². The molecule has 0 radical (unpaired) electrons. The molecule has 2 N–H and O–H groups in total. The zero-order chi connectivity index (χ0) is 19.3. The molecule has 0 saturated carbocycles. The van der Waals surface area contributed by atoms with Crippen LogP contribution in [0.4, 0.5) is 0 Å². The Bertz CT molecular complexity index is 880. The summed E-state index contributed by atoms with van der Waals surface area (Å²) in [6.45, 7) is 4.61. The molecule has 7 heteroatoms. The predicted molar refractivity (Wildman–Crippen MR) is 100 cm³/mol. The van der Waals surface area contributed by atoms with Crippen LogP contribution in [0.3, 0.4) is 0 Å². The van der Waals surface area contributed by atoms with Crippen LogP contribution >= 0.6 is 0 Å². The van der Waals surface area contributed by atoms with Crippen molar-refractivity contribution in [1.82, 2.24) is 4.90 Å². The van der Waals surface area contributed by atoms with Crippen LogP contribution in [-0.2, 0) is 21.3 Å². The van der Waals surface area contributed by atoms with E-state index >= 15 is 0 Å². The lowest BCUT2D eigenvalue weighted by atomic mass is 10.0. The van der Waals surface area contributed by atoms with Crippen LogP contribution in [0.2, 0.25) is 0 Å². The zero-order valence-corrected chi connectivity index (χ0v) is 16.0. The summed E-state index contributed by atoms with van der Waals surface area (Å²) in [5.41, 5.74) is 2.53. The van der Waals surface area contributed by atoms with Crippen LogP contribution in [0.15, 0.2) is 47.4 Å². The largest absolute Gasteiger partial charge is 0.383 e. The maximum atomic E-state index is 13.0. The number of sulfonamides is 1. The first kappa shape index (κ1) is 20.1. The monoisotopic (exact) mass is 376 g/mol. The van der Waals surface area contributed by atoms with Crippen LogP contribution in [0.25, 0.3) is 0 Å².